The summed E-state index contributed by atoms with van der Waals surface area (Å²) in [4.78, 5) is 26.1. The van der Waals surface area contributed by atoms with Crippen LogP contribution < -0.4 is 0 Å². The number of allylic oxidation sites excluding steroid dienone is 1. The van der Waals surface area contributed by atoms with E-state index in [-0.39, 0.29) is 17.3 Å². The maximum atomic E-state index is 12.1. The molecule has 0 aromatic rings. The number of esters is 1. The van der Waals surface area contributed by atoms with Crippen LogP contribution in [-0.2, 0) is 14.3 Å². The molecule has 1 saturated heterocycles. The van der Waals surface area contributed by atoms with Crippen molar-refractivity contribution in [3.05, 3.63) is 11.3 Å². The van der Waals surface area contributed by atoms with E-state index in [4.69, 9.17) is 4.74 Å². The van der Waals surface area contributed by atoms with Gasteiger partial charge in [0.2, 0.25) is 0 Å². The lowest BCUT2D eigenvalue weighted by Crippen LogP contribution is -2.41. The highest BCUT2D eigenvalue weighted by Gasteiger charge is 2.40. The van der Waals surface area contributed by atoms with Gasteiger partial charge >= 0.3 is 5.97 Å². The average Bonchev–Trinajstić information content (AvgIpc) is 2.73. The quantitative estimate of drug-likeness (QED) is 0.539. The van der Waals surface area contributed by atoms with Crippen LogP contribution in [-0.4, -0.2) is 36.3 Å². The number of hydrogen-bond acceptors (Lipinski definition) is 4. The van der Waals surface area contributed by atoms with E-state index >= 15 is 0 Å². The molecule has 0 spiro atoms. The number of ketones is 1. The Hall–Kier alpha value is -1.32. The standard InChI is InChI=1S/C13H19NO3/c1-8(2)12-11(13(16)17-3)10(15)7-9-5-4-6-14(9)12/h8-9H,4-7H2,1-3H3/t9-/m1/s1. The molecule has 0 amide bonds. The van der Waals surface area contributed by atoms with E-state index in [1.54, 1.807) is 0 Å². The molecular formula is C13H19NO3. The normalized spacial score (nSPS) is 24.4. The van der Waals surface area contributed by atoms with E-state index in [0.29, 0.717) is 12.5 Å². The lowest BCUT2D eigenvalue weighted by Gasteiger charge is -2.36. The van der Waals surface area contributed by atoms with Crippen molar-refractivity contribution in [2.24, 2.45) is 5.92 Å². The van der Waals surface area contributed by atoms with Crippen molar-refractivity contribution in [1.29, 1.82) is 0 Å². The first-order chi connectivity index (χ1) is 8.06. The summed E-state index contributed by atoms with van der Waals surface area (Å²) in [5, 5.41) is 0. The van der Waals surface area contributed by atoms with E-state index < -0.39 is 5.97 Å². The molecule has 0 aliphatic carbocycles. The van der Waals surface area contributed by atoms with Crippen molar-refractivity contribution >= 4 is 11.8 Å². The minimum atomic E-state index is -0.482. The largest absolute Gasteiger partial charge is 0.465 e. The number of fused-ring (bicyclic) bond motifs is 1. The topological polar surface area (TPSA) is 46.6 Å². The fourth-order valence-corrected chi connectivity index (χ4v) is 2.91. The van der Waals surface area contributed by atoms with Gasteiger partial charge < -0.3 is 9.64 Å². The van der Waals surface area contributed by atoms with E-state index in [2.05, 4.69) is 4.90 Å². The molecule has 4 heteroatoms. The summed E-state index contributed by atoms with van der Waals surface area (Å²) >= 11 is 0. The molecule has 0 radical (unpaired) electrons. The lowest BCUT2D eigenvalue weighted by molar-refractivity contribution is -0.138. The summed E-state index contributed by atoms with van der Waals surface area (Å²) in [6.45, 7) is 4.99. The summed E-state index contributed by atoms with van der Waals surface area (Å²) in [7, 11) is 1.33. The zero-order valence-electron chi connectivity index (χ0n) is 10.7. The second-order valence-corrected chi connectivity index (χ2v) is 5.02. The minimum absolute atomic E-state index is 0.0521. The zero-order chi connectivity index (χ0) is 12.6. The van der Waals surface area contributed by atoms with E-state index in [1.165, 1.54) is 7.11 Å². The molecule has 0 aromatic heterocycles. The first kappa shape index (κ1) is 12.1. The second kappa shape index (κ2) is 4.51. The molecule has 1 fully saturated rings. The highest BCUT2D eigenvalue weighted by atomic mass is 16.5. The molecule has 0 unspecified atom stereocenters. The Labute approximate surface area is 102 Å². The van der Waals surface area contributed by atoms with Crippen LogP contribution in [0.5, 0.6) is 0 Å². The van der Waals surface area contributed by atoms with Gasteiger partial charge in [-0.25, -0.2) is 4.79 Å². The first-order valence-corrected chi connectivity index (χ1v) is 6.18. The summed E-state index contributed by atoms with van der Waals surface area (Å²) in [6.07, 6.45) is 2.61. The van der Waals surface area contributed by atoms with Gasteiger partial charge in [0.05, 0.1) is 7.11 Å². The number of carbonyl (C=O) groups is 2. The maximum absolute atomic E-state index is 12.1. The number of nitrogens with zero attached hydrogens (tertiary/aromatic N) is 1. The van der Waals surface area contributed by atoms with Crippen LogP contribution in [0.15, 0.2) is 11.3 Å². The fraction of sp³-hybridized carbons (Fsp3) is 0.692. The molecule has 94 valence electrons. The van der Waals surface area contributed by atoms with Gasteiger partial charge in [-0.2, -0.15) is 0 Å². The molecule has 4 nitrogen and oxygen atoms in total. The molecule has 0 aromatic carbocycles. The fourth-order valence-electron chi connectivity index (χ4n) is 2.91. The molecule has 0 bridgehead atoms. The third kappa shape index (κ3) is 1.96. The highest BCUT2D eigenvalue weighted by Crippen LogP contribution is 2.35. The van der Waals surface area contributed by atoms with Crippen molar-refractivity contribution in [2.75, 3.05) is 13.7 Å². The molecule has 1 atom stereocenters. The Bertz CT molecular complexity index is 384. The van der Waals surface area contributed by atoms with Crippen LogP contribution in [0, 0.1) is 5.92 Å². The molecule has 2 heterocycles. The van der Waals surface area contributed by atoms with Gasteiger partial charge in [-0.15, -0.1) is 0 Å². The average molecular weight is 237 g/mol. The SMILES string of the molecule is COC(=O)C1=C(C(C)C)N2CCC[C@@H]2CC1=O. The molecule has 0 N–H and O–H groups in total. The predicted octanol–water partition coefficient (Wildman–Crippen LogP) is 1.51. The third-order valence-electron chi connectivity index (χ3n) is 3.58. The number of carbonyl (C=O) groups excluding carboxylic acids is 2. The molecule has 0 saturated carbocycles. The number of ether oxygens (including phenoxy) is 1. The van der Waals surface area contributed by atoms with Gasteiger partial charge in [0.15, 0.2) is 5.78 Å². The summed E-state index contributed by atoms with van der Waals surface area (Å²) < 4.78 is 4.74. The van der Waals surface area contributed by atoms with Crippen LogP contribution in [0.25, 0.3) is 0 Å². The summed E-state index contributed by atoms with van der Waals surface area (Å²) in [5.41, 5.74) is 1.16. The Morgan fingerprint density at radius 2 is 2.18 bits per heavy atom. The van der Waals surface area contributed by atoms with E-state index in [9.17, 15) is 9.59 Å². The number of hydrogen-bond donors (Lipinski definition) is 0. The smallest absolute Gasteiger partial charge is 0.343 e. The predicted molar refractivity (Wildman–Crippen MR) is 63.2 cm³/mol. The lowest BCUT2D eigenvalue weighted by atomic mass is 9.90. The first-order valence-electron chi connectivity index (χ1n) is 6.18. The summed E-state index contributed by atoms with van der Waals surface area (Å²) in [5.74, 6) is -0.360. The molecule has 2 aliphatic heterocycles. The van der Waals surface area contributed by atoms with E-state index in [1.807, 2.05) is 13.8 Å². The van der Waals surface area contributed by atoms with Gasteiger partial charge in [-0.1, -0.05) is 13.8 Å². The van der Waals surface area contributed by atoms with Gasteiger partial charge in [-0.3, -0.25) is 4.79 Å². The highest BCUT2D eigenvalue weighted by molar-refractivity contribution is 6.18. The number of methoxy groups -OCH3 is 1. The number of rotatable bonds is 2. The van der Waals surface area contributed by atoms with Crippen LogP contribution in [0.2, 0.25) is 0 Å². The van der Waals surface area contributed by atoms with Gasteiger partial charge in [-0.05, 0) is 18.8 Å². The Morgan fingerprint density at radius 1 is 1.47 bits per heavy atom. The molecule has 2 aliphatic rings. The van der Waals surface area contributed by atoms with Gasteiger partial charge in [0, 0.05) is 24.7 Å². The molecule has 17 heavy (non-hydrogen) atoms. The van der Waals surface area contributed by atoms with E-state index in [0.717, 1.165) is 25.1 Å². The van der Waals surface area contributed by atoms with Crippen molar-refractivity contribution in [1.82, 2.24) is 4.90 Å². The van der Waals surface area contributed by atoms with Gasteiger partial charge in [0.1, 0.15) is 5.57 Å². The second-order valence-electron chi connectivity index (χ2n) is 5.02. The summed E-state index contributed by atoms with van der Waals surface area (Å²) in [6, 6.07) is 0.299. The molecule has 2 rings (SSSR count). The van der Waals surface area contributed by atoms with Crippen molar-refractivity contribution in [3.63, 3.8) is 0 Å². The van der Waals surface area contributed by atoms with Crippen molar-refractivity contribution in [3.8, 4) is 0 Å². The Balaban J connectivity index is 2.48. The van der Waals surface area contributed by atoms with Crippen LogP contribution >= 0.6 is 0 Å². The monoisotopic (exact) mass is 237 g/mol. The minimum Gasteiger partial charge on any atom is -0.465 e. The maximum Gasteiger partial charge on any atom is 0.343 e. The third-order valence-corrected chi connectivity index (χ3v) is 3.58. The molecular weight excluding hydrogens is 218 g/mol. The van der Waals surface area contributed by atoms with Crippen molar-refractivity contribution < 1.29 is 14.3 Å². The van der Waals surface area contributed by atoms with Crippen molar-refractivity contribution in [2.45, 2.75) is 39.2 Å². The number of Topliss-reactive ketones (excluding diaryl/α,β-unsaturated/α-hetero) is 1. The van der Waals surface area contributed by atoms with Crippen LogP contribution in [0.1, 0.15) is 33.1 Å². The zero-order valence-corrected chi connectivity index (χ0v) is 10.7. The van der Waals surface area contributed by atoms with Crippen LogP contribution in [0.4, 0.5) is 0 Å². The van der Waals surface area contributed by atoms with Gasteiger partial charge in [0.25, 0.3) is 0 Å². The van der Waals surface area contributed by atoms with Crippen LogP contribution in [0.3, 0.4) is 0 Å². The Morgan fingerprint density at radius 3 is 2.76 bits per heavy atom. The Kier molecular flexibility index (Phi) is 3.22.